The number of hydrogen-bond donors (Lipinski definition) is 2. The Morgan fingerprint density at radius 3 is 2.54 bits per heavy atom. The van der Waals surface area contributed by atoms with Crippen molar-refractivity contribution in [2.24, 2.45) is 0 Å². The fourth-order valence-corrected chi connectivity index (χ4v) is 1.05. The first-order valence-electron chi connectivity index (χ1n) is 3.71. The van der Waals surface area contributed by atoms with E-state index in [0.717, 1.165) is 0 Å². The van der Waals surface area contributed by atoms with E-state index in [1.165, 1.54) is 6.07 Å². The molecule has 72 valence electrons. The summed E-state index contributed by atoms with van der Waals surface area (Å²) >= 11 is 0. The molecule has 0 amide bonds. The van der Waals surface area contributed by atoms with E-state index in [2.05, 4.69) is 0 Å². The summed E-state index contributed by atoms with van der Waals surface area (Å²) in [5.74, 6) is -1.21. The molecule has 0 spiro atoms. The van der Waals surface area contributed by atoms with E-state index in [-0.39, 0.29) is 23.7 Å². The molecular weight excluding hydrogens is 192 g/mol. The molecule has 13 heavy (non-hydrogen) atoms. The summed E-state index contributed by atoms with van der Waals surface area (Å²) in [6, 6.07) is 4.72. The molecule has 0 radical (unpaired) electrons. The normalized spacial score (nSPS) is 9.00. The molecule has 2 N–H and O–H groups in total. The molecule has 1 rings (SSSR count). The molecule has 0 aliphatic heterocycles. The zero-order valence-electron chi connectivity index (χ0n) is 7.15. The Balaban J connectivity index is 0.00000144. The number of para-hydroxylation sites is 1. The second-order valence-electron chi connectivity index (χ2n) is 2.47. The molecule has 3 nitrogen and oxygen atoms in total. The van der Waals surface area contributed by atoms with E-state index >= 15 is 0 Å². The van der Waals surface area contributed by atoms with Crippen molar-refractivity contribution in [2.75, 3.05) is 0 Å². The molecule has 1 aromatic rings. The molecule has 0 bridgehead atoms. The van der Waals surface area contributed by atoms with Crippen molar-refractivity contribution in [2.45, 2.75) is 13.3 Å². The minimum absolute atomic E-state index is 0. The van der Waals surface area contributed by atoms with Crippen LogP contribution in [0.1, 0.15) is 22.8 Å². The quantitative estimate of drug-likeness (QED) is 0.772. The first-order chi connectivity index (χ1) is 5.66. The van der Waals surface area contributed by atoms with Crippen LogP contribution in [0.5, 0.6) is 5.75 Å². The molecule has 0 saturated carbocycles. The minimum atomic E-state index is -1.09. The molecule has 4 heteroatoms. The highest BCUT2D eigenvalue weighted by Crippen LogP contribution is 2.22. The van der Waals surface area contributed by atoms with Crippen LogP contribution in [0.4, 0.5) is 0 Å². The predicted octanol–water partition coefficient (Wildman–Crippen LogP) is 2.07. The van der Waals surface area contributed by atoms with Gasteiger partial charge in [0.1, 0.15) is 11.3 Å². The lowest BCUT2D eigenvalue weighted by Crippen LogP contribution is -1.98. The van der Waals surface area contributed by atoms with Gasteiger partial charge in [-0.2, -0.15) is 0 Å². The van der Waals surface area contributed by atoms with Gasteiger partial charge in [-0.1, -0.05) is 19.1 Å². The highest BCUT2D eigenvalue weighted by molar-refractivity contribution is 5.91. The number of carboxylic acids is 1. The van der Waals surface area contributed by atoms with E-state index in [4.69, 9.17) is 5.11 Å². The maximum absolute atomic E-state index is 10.5. The number of aryl methyl sites for hydroxylation is 1. The number of phenols is 1. The first-order valence-corrected chi connectivity index (χ1v) is 3.71. The number of hydrogen-bond acceptors (Lipinski definition) is 2. The summed E-state index contributed by atoms with van der Waals surface area (Å²) in [7, 11) is 0. The summed E-state index contributed by atoms with van der Waals surface area (Å²) in [6.45, 7) is 1.86. The van der Waals surface area contributed by atoms with Gasteiger partial charge < -0.3 is 10.2 Å². The third kappa shape index (κ3) is 2.36. The summed E-state index contributed by atoms with van der Waals surface area (Å²) in [6.07, 6.45) is 0.632. The van der Waals surface area contributed by atoms with Crippen molar-refractivity contribution in [3.8, 4) is 5.75 Å². The number of aromatic hydroxyl groups is 1. The summed E-state index contributed by atoms with van der Waals surface area (Å²) in [4.78, 5) is 10.5. The van der Waals surface area contributed by atoms with E-state index in [0.29, 0.717) is 12.0 Å². The van der Waals surface area contributed by atoms with Crippen LogP contribution in [0.15, 0.2) is 18.2 Å². The SMILES string of the molecule is CCc1cccc(C(=O)O)c1O.Cl. The summed E-state index contributed by atoms with van der Waals surface area (Å²) in [5, 5.41) is 18.0. The Hall–Kier alpha value is -1.22. The van der Waals surface area contributed by atoms with Gasteiger partial charge in [0.05, 0.1) is 0 Å². The molecule has 1 aromatic carbocycles. The van der Waals surface area contributed by atoms with Gasteiger partial charge in [-0.3, -0.25) is 0 Å². The third-order valence-corrected chi connectivity index (χ3v) is 1.73. The van der Waals surface area contributed by atoms with Gasteiger partial charge in [0.2, 0.25) is 0 Å². The van der Waals surface area contributed by atoms with Crippen molar-refractivity contribution in [3.63, 3.8) is 0 Å². The van der Waals surface area contributed by atoms with Crippen molar-refractivity contribution in [3.05, 3.63) is 29.3 Å². The maximum Gasteiger partial charge on any atom is 0.339 e. The summed E-state index contributed by atoms with van der Waals surface area (Å²) < 4.78 is 0. The average molecular weight is 203 g/mol. The number of halogens is 1. The van der Waals surface area contributed by atoms with Crippen molar-refractivity contribution in [1.29, 1.82) is 0 Å². The number of carboxylic acid groups (broad SMARTS) is 1. The highest BCUT2D eigenvalue weighted by atomic mass is 35.5. The smallest absolute Gasteiger partial charge is 0.339 e. The van der Waals surface area contributed by atoms with Crippen LogP contribution in [0.2, 0.25) is 0 Å². The zero-order chi connectivity index (χ0) is 9.14. The topological polar surface area (TPSA) is 57.5 Å². The monoisotopic (exact) mass is 202 g/mol. The Bertz CT molecular complexity index is 310. The Labute approximate surface area is 82.4 Å². The lowest BCUT2D eigenvalue weighted by atomic mass is 10.1. The van der Waals surface area contributed by atoms with Gasteiger partial charge >= 0.3 is 5.97 Å². The van der Waals surface area contributed by atoms with Gasteiger partial charge in [-0.25, -0.2) is 4.79 Å². The zero-order valence-corrected chi connectivity index (χ0v) is 7.97. The Morgan fingerprint density at radius 1 is 1.46 bits per heavy atom. The van der Waals surface area contributed by atoms with Gasteiger partial charge in [-0.15, -0.1) is 12.4 Å². The molecule has 0 heterocycles. The average Bonchev–Trinajstić information content (AvgIpc) is 2.04. The molecule has 0 aliphatic carbocycles. The molecular formula is C9H11ClO3. The van der Waals surface area contributed by atoms with Crippen molar-refractivity contribution >= 4 is 18.4 Å². The molecule has 0 saturated heterocycles. The van der Waals surface area contributed by atoms with Crippen LogP contribution < -0.4 is 0 Å². The second kappa shape index (κ2) is 4.72. The Kier molecular flexibility index (Phi) is 4.28. The molecule has 0 aromatic heterocycles. The third-order valence-electron chi connectivity index (χ3n) is 1.73. The van der Waals surface area contributed by atoms with Crippen LogP contribution in [0, 0.1) is 0 Å². The number of carbonyl (C=O) groups is 1. The minimum Gasteiger partial charge on any atom is -0.507 e. The highest BCUT2D eigenvalue weighted by Gasteiger charge is 2.10. The largest absolute Gasteiger partial charge is 0.507 e. The first kappa shape index (κ1) is 11.8. The lowest BCUT2D eigenvalue weighted by molar-refractivity contribution is 0.0693. The van der Waals surface area contributed by atoms with Crippen molar-refractivity contribution < 1.29 is 15.0 Å². The van der Waals surface area contributed by atoms with Gasteiger partial charge in [0, 0.05) is 0 Å². The van der Waals surface area contributed by atoms with E-state index in [9.17, 15) is 9.90 Å². The van der Waals surface area contributed by atoms with Crippen LogP contribution in [0.3, 0.4) is 0 Å². The van der Waals surface area contributed by atoms with E-state index < -0.39 is 5.97 Å². The summed E-state index contributed by atoms with van der Waals surface area (Å²) in [5.41, 5.74) is 0.629. The molecule has 0 aliphatic rings. The van der Waals surface area contributed by atoms with Crippen LogP contribution in [0.25, 0.3) is 0 Å². The maximum atomic E-state index is 10.5. The van der Waals surface area contributed by atoms with Crippen molar-refractivity contribution in [1.82, 2.24) is 0 Å². The number of aromatic carboxylic acids is 1. The van der Waals surface area contributed by atoms with Crippen LogP contribution in [-0.2, 0) is 6.42 Å². The van der Waals surface area contributed by atoms with Gasteiger partial charge in [0.25, 0.3) is 0 Å². The van der Waals surface area contributed by atoms with Gasteiger partial charge in [-0.05, 0) is 18.1 Å². The standard InChI is InChI=1S/C9H10O3.ClH/c1-2-6-4-3-5-7(8(6)10)9(11)12;/h3-5,10H,2H2,1H3,(H,11,12);1H. The van der Waals surface area contributed by atoms with Crippen LogP contribution >= 0.6 is 12.4 Å². The molecule has 0 atom stereocenters. The van der Waals surface area contributed by atoms with Gasteiger partial charge in [0.15, 0.2) is 0 Å². The Morgan fingerprint density at radius 2 is 2.08 bits per heavy atom. The van der Waals surface area contributed by atoms with E-state index in [1.54, 1.807) is 12.1 Å². The number of rotatable bonds is 2. The lowest BCUT2D eigenvalue weighted by Gasteiger charge is -2.03. The predicted molar refractivity (Wildman–Crippen MR) is 51.7 cm³/mol. The fraction of sp³-hybridized carbons (Fsp3) is 0.222. The van der Waals surface area contributed by atoms with Crippen LogP contribution in [-0.4, -0.2) is 16.2 Å². The second-order valence-corrected chi connectivity index (χ2v) is 2.47. The number of benzene rings is 1. The molecule has 0 fully saturated rings. The molecule has 0 unspecified atom stereocenters. The fourth-order valence-electron chi connectivity index (χ4n) is 1.05. The van der Waals surface area contributed by atoms with E-state index in [1.807, 2.05) is 6.92 Å².